The molecule has 2 nitrogen and oxygen atoms in total. The molecule has 1 rings (SSSR count). The fourth-order valence-corrected chi connectivity index (χ4v) is 1.12. The van der Waals surface area contributed by atoms with Gasteiger partial charge in [0.05, 0.1) is 6.10 Å². The fraction of sp³-hybridized carbons (Fsp3) is 0.500. The number of nitrogens with two attached hydrogens (primary N) is 1. The molecule has 86 valence electrons. The predicted octanol–water partition coefficient (Wildman–Crippen LogP) is 2.70. The quantitative estimate of drug-likeness (QED) is 0.780. The van der Waals surface area contributed by atoms with Gasteiger partial charge in [0.25, 0.3) is 0 Å². The SMILES string of the molecule is CCCC(O)c1ccccc1.NCCCl. The molecule has 0 spiro atoms. The maximum absolute atomic E-state index is 9.52. The van der Waals surface area contributed by atoms with E-state index in [1.54, 1.807) is 0 Å². The van der Waals surface area contributed by atoms with E-state index in [4.69, 9.17) is 17.3 Å². The minimum Gasteiger partial charge on any atom is -0.388 e. The highest BCUT2D eigenvalue weighted by atomic mass is 35.5. The number of alkyl halides is 1. The third kappa shape index (κ3) is 7.37. The summed E-state index contributed by atoms with van der Waals surface area (Å²) in [6, 6.07) is 9.78. The van der Waals surface area contributed by atoms with Gasteiger partial charge in [0.1, 0.15) is 0 Å². The van der Waals surface area contributed by atoms with Crippen molar-refractivity contribution in [1.29, 1.82) is 0 Å². The molecule has 3 heteroatoms. The predicted molar refractivity (Wildman–Crippen MR) is 66.1 cm³/mol. The molecule has 0 radical (unpaired) electrons. The van der Waals surface area contributed by atoms with Crippen LogP contribution in [-0.4, -0.2) is 17.5 Å². The Hall–Kier alpha value is -0.570. The lowest BCUT2D eigenvalue weighted by molar-refractivity contribution is 0.166. The van der Waals surface area contributed by atoms with Gasteiger partial charge in [-0.05, 0) is 12.0 Å². The van der Waals surface area contributed by atoms with Gasteiger partial charge in [-0.1, -0.05) is 43.7 Å². The van der Waals surface area contributed by atoms with Crippen LogP contribution in [0.3, 0.4) is 0 Å². The van der Waals surface area contributed by atoms with E-state index in [9.17, 15) is 5.11 Å². The molecular weight excluding hydrogens is 210 g/mol. The van der Waals surface area contributed by atoms with Crippen LogP contribution in [0.15, 0.2) is 30.3 Å². The summed E-state index contributed by atoms with van der Waals surface area (Å²) in [6.45, 7) is 2.66. The first-order chi connectivity index (χ1) is 7.26. The van der Waals surface area contributed by atoms with Gasteiger partial charge < -0.3 is 10.8 Å². The van der Waals surface area contributed by atoms with Gasteiger partial charge in [0.15, 0.2) is 0 Å². The molecule has 0 aromatic heterocycles. The number of rotatable bonds is 4. The van der Waals surface area contributed by atoms with Crippen molar-refractivity contribution in [1.82, 2.24) is 0 Å². The van der Waals surface area contributed by atoms with Crippen LogP contribution in [0.1, 0.15) is 31.4 Å². The van der Waals surface area contributed by atoms with Gasteiger partial charge >= 0.3 is 0 Å². The van der Waals surface area contributed by atoms with Gasteiger partial charge in [0.2, 0.25) is 0 Å². The van der Waals surface area contributed by atoms with Gasteiger partial charge in [-0.25, -0.2) is 0 Å². The summed E-state index contributed by atoms with van der Waals surface area (Å²) in [5.41, 5.74) is 5.92. The zero-order valence-electron chi connectivity index (χ0n) is 9.20. The highest BCUT2D eigenvalue weighted by Crippen LogP contribution is 2.16. The summed E-state index contributed by atoms with van der Waals surface area (Å²) in [7, 11) is 0. The summed E-state index contributed by atoms with van der Waals surface area (Å²) in [6.07, 6.45) is 1.60. The molecule has 0 aliphatic heterocycles. The summed E-state index contributed by atoms with van der Waals surface area (Å²) < 4.78 is 0. The molecule has 3 N–H and O–H groups in total. The monoisotopic (exact) mass is 229 g/mol. The van der Waals surface area contributed by atoms with Gasteiger partial charge in [-0.15, -0.1) is 11.6 Å². The Morgan fingerprint density at radius 2 is 1.87 bits per heavy atom. The first-order valence-corrected chi connectivity index (χ1v) is 5.78. The molecule has 0 saturated heterocycles. The fourth-order valence-electron chi connectivity index (χ4n) is 1.12. The summed E-state index contributed by atoms with van der Waals surface area (Å²) in [5, 5.41) is 9.52. The molecule has 1 aromatic carbocycles. The summed E-state index contributed by atoms with van der Waals surface area (Å²) in [5.74, 6) is 0.569. The number of hydrogen-bond acceptors (Lipinski definition) is 2. The molecule has 1 atom stereocenters. The Labute approximate surface area is 97.1 Å². The van der Waals surface area contributed by atoms with Crippen LogP contribution in [0, 0.1) is 0 Å². The largest absolute Gasteiger partial charge is 0.388 e. The van der Waals surface area contributed by atoms with Crippen molar-refractivity contribution in [2.24, 2.45) is 5.73 Å². The van der Waals surface area contributed by atoms with Crippen LogP contribution in [0.5, 0.6) is 0 Å². The molecule has 0 fully saturated rings. The van der Waals surface area contributed by atoms with Crippen LogP contribution in [0.4, 0.5) is 0 Å². The van der Waals surface area contributed by atoms with E-state index in [0.717, 1.165) is 18.4 Å². The lowest BCUT2D eigenvalue weighted by atomic mass is 10.1. The second-order valence-corrected chi connectivity index (χ2v) is 3.57. The molecule has 1 aromatic rings. The van der Waals surface area contributed by atoms with Crippen molar-refractivity contribution in [3.63, 3.8) is 0 Å². The summed E-state index contributed by atoms with van der Waals surface area (Å²) in [4.78, 5) is 0. The van der Waals surface area contributed by atoms with Crippen molar-refractivity contribution < 1.29 is 5.11 Å². The molecule has 15 heavy (non-hydrogen) atoms. The number of hydrogen-bond donors (Lipinski definition) is 2. The van der Waals surface area contributed by atoms with Crippen molar-refractivity contribution >= 4 is 11.6 Å². The number of aliphatic hydroxyl groups excluding tert-OH is 1. The molecule has 0 saturated carbocycles. The van der Waals surface area contributed by atoms with Crippen LogP contribution in [0.25, 0.3) is 0 Å². The number of aliphatic hydroxyl groups is 1. The minimum atomic E-state index is -0.277. The number of benzene rings is 1. The van der Waals surface area contributed by atoms with Gasteiger partial charge in [0, 0.05) is 12.4 Å². The van der Waals surface area contributed by atoms with Crippen LogP contribution in [-0.2, 0) is 0 Å². The van der Waals surface area contributed by atoms with Crippen molar-refractivity contribution in [2.45, 2.75) is 25.9 Å². The van der Waals surface area contributed by atoms with Crippen molar-refractivity contribution in [3.05, 3.63) is 35.9 Å². The van der Waals surface area contributed by atoms with E-state index < -0.39 is 0 Å². The topological polar surface area (TPSA) is 46.2 Å². The van der Waals surface area contributed by atoms with Gasteiger partial charge in [-0.3, -0.25) is 0 Å². The first kappa shape index (κ1) is 14.4. The molecule has 0 amide bonds. The zero-order valence-corrected chi connectivity index (χ0v) is 9.95. The second kappa shape index (κ2) is 9.97. The Kier molecular flexibility index (Phi) is 9.59. The van der Waals surface area contributed by atoms with E-state index in [2.05, 4.69) is 6.92 Å². The second-order valence-electron chi connectivity index (χ2n) is 3.19. The normalized spacial score (nSPS) is 11.5. The zero-order chi connectivity index (χ0) is 11.5. The molecule has 0 aliphatic carbocycles. The number of halogens is 1. The molecule has 1 unspecified atom stereocenters. The smallest absolute Gasteiger partial charge is 0.0790 e. The standard InChI is InChI=1S/C10H14O.C2H6ClN/c1-2-6-10(11)9-7-4-3-5-8-9;3-1-2-4/h3-5,7-8,10-11H,2,6H2,1H3;1-2,4H2. The Morgan fingerprint density at radius 1 is 1.33 bits per heavy atom. The van der Waals surface area contributed by atoms with Gasteiger partial charge in [-0.2, -0.15) is 0 Å². The van der Waals surface area contributed by atoms with Crippen LogP contribution in [0.2, 0.25) is 0 Å². The first-order valence-electron chi connectivity index (χ1n) is 5.25. The van der Waals surface area contributed by atoms with Crippen molar-refractivity contribution in [2.75, 3.05) is 12.4 Å². The maximum atomic E-state index is 9.52. The third-order valence-corrected chi connectivity index (χ3v) is 2.07. The van der Waals surface area contributed by atoms with Crippen LogP contribution < -0.4 is 5.73 Å². The van der Waals surface area contributed by atoms with Crippen molar-refractivity contribution in [3.8, 4) is 0 Å². The van der Waals surface area contributed by atoms with E-state index in [0.29, 0.717) is 12.4 Å². The molecule has 0 bridgehead atoms. The van der Waals surface area contributed by atoms with E-state index in [-0.39, 0.29) is 6.10 Å². The Bertz CT molecular complexity index is 226. The molecule has 0 aliphatic rings. The average molecular weight is 230 g/mol. The Morgan fingerprint density at radius 3 is 2.27 bits per heavy atom. The third-order valence-electron chi connectivity index (χ3n) is 1.86. The maximum Gasteiger partial charge on any atom is 0.0790 e. The van der Waals surface area contributed by atoms with Crippen LogP contribution >= 0.6 is 11.6 Å². The van der Waals surface area contributed by atoms with E-state index in [1.165, 1.54) is 0 Å². The van der Waals surface area contributed by atoms with E-state index >= 15 is 0 Å². The summed E-state index contributed by atoms with van der Waals surface area (Å²) >= 11 is 5.06. The van der Waals surface area contributed by atoms with E-state index in [1.807, 2.05) is 30.3 Å². The lowest BCUT2D eigenvalue weighted by Crippen LogP contribution is -1.97. The lowest BCUT2D eigenvalue weighted by Gasteiger charge is -2.07. The molecule has 0 heterocycles. The Balaban J connectivity index is 0.000000423. The molecular formula is C12H20ClNO. The average Bonchev–Trinajstić information content (AvgIpc) is 2.31. The highest BCUT2D eigenvalue weighted by Gasteiger charge is 2.03. The highest BCUT2D eigenvalue weighted by molar-refractivity contribution is 6.18. The minimum absolute atomic E-state index is 0.277.